The molecule has 1 saturated heterocycles. The van der Waals surface area contributed by atoms with E-state index in [1.807, 2.05) is 18.2 Å². The fourth-order valence-corrected chi connectivity index (χ4v) is 6.88. The molecule has 0 saturated carbocycles. The predicted octanol–water partition coefficient (Wildman–Crippen LogP) is 6.26. The number of hydrogen-bond donors (Lipinski definition) is 1. The first-order chi connectivity index (χ1) is 20.7. The van der Waals surface area contributed by atoms with Gasteiger partial charge < -0.3 is 14.6 Å². The molecule has 0 bridgehead atoms. The molecule has 43 heavy (non-hydrogen) atoms. The summed E-state index contributed by atoms with van der Waals surface area (Å²) in [4.78, 5) is 4.68. The third-order valence-corrected chi connectivity index (χ3v) is 9.42. The van der Waals surface area contributed by atoms with Crippen molar-refractivity contribution < 1.29 is 23.0 Å². The summed E-state index contributed by atoms with van der Waals surface area (Å²) in [6.45, 7) is 4.66. The van der Waals surface area contributed by atoms with E-state index in [4.69, 9.17) is 9.47 Å². The first kappa shape index (κ1) is 28.6. The van der Waals surface area contributed by atoms with Gasteiger partial charge in [-0.05, 0) is 72.5 Å². The van der Waals surface area contributed by atoms with Gasteiger partial charge in [-0.1, -0.05) is 48.5 Å². The number of rotatable bonds is 7. The number of nitriles is 1. The lowest BCUT2D eigenvalue weighted by Gasteiger charge is -2.23. The zero-order valence-corrected chi connectivity index (χ0v) is 24.7. The summed E-state index contributed by atoms with van der Waals surface area (Å²) in [5.41, 5.74) is 2.87. The zero-order valence-electron chi connectivity index (χ0n) is 23.9. The summed E-state index contributed by atoms with van der Waals surface area (Å²) in [5, 5.41) is 21.1. The van der Waals surface area contributed by atoms with Crippen molar-refractivity contribution in [2.45, 2.75) is 43.3 Å². The van der Waals surface area contributed by atoms with Gasteiger partial charge >= 0.3 is 0 Å². The molecule has 8 nitrogen and oxygen atoms in total. The molecule has 3 aromatic carbocycles. The van der Waals surface area contributed by atoms with Gasteiger partial charge in [-0.15, -0.1) is 0 Å². The van der Waals surface area contributed by atoms with Gasteiger partial charge in [0, 0.05) is 24.4 Å². The van der Waals surface area contributed by atoms with E-state index in [1.54, 1.807) is 86.8 Å². The van der Waals surface area contributed by atoms with Crippen LogP contribution in [0.1, 0.15) is 37.8 Å². The second-order valence-electron chi connectivity index (χ2n) is 11.1. The van der Waals surface area contributed by atoms with Crippen LogP contribution in [0, 0.1) is 11.3 Å². The Balaban J connectivity index is 1.52. The molecule has 9 heteroatoms. The smallest absolute Gasteiger partial charge is 0.269 e. The lowest BCUT2D eigenvalue weighted by molar-refractivity contribution is 0.0254. The van der Waals surface area contributed by atoms with Crippen LogP contribution in [0.2, 0.25) is 0 Å². The van der Waals surface area contributed by atoms with E-state index in [1.165, 1.54) is 3.97 Å². The van der Waals surface area contributed by atoms with Crippen LogP contribution in [0.15, 0.2) is 96.0 Å². The van der Waals surface area contributed by atoms with E-state index in [2.05, 4.69) is 11.1 Å². The molecule has 0 aliphatic carbocycles. The Morgan fingerprint density at radius 1 is 0.977 bits per heavy atom. The molecule has 5 aromatic rings. The molecular weight excluding hydrogens is 562 g/mol. The highest BCUT2D eigenvalue weighted by Gasteiger charge is 2.27. The summed E-state index contributed by atoms with van der Waals surface area (Å²) >= 11 is 0. The molecule has 1 N–H and O–H groups in total. The Bertz CT molecular complexity index is 1930. The van der Waals surface area contributed by atoms with Crippen molar-refractivity contribution in [3.05, 3.63) is 102 Å². The molecule has 0 amide bonds. The number of fused-ring (bicyclic) bond motifs is 1. The fourth-order valence-electron chi connectivity index (χ4n) is 5.38. The Labute approximate surface area is 250 Å². The standard InChI is InChI=1S/C34H31N3O5S/c1-34(2,38)26-11-8-23(9-12-26)31-21-30-29(14-17-36-33(30)37(31)43(39,40)28-6-4-3-5-7-28)24-10-13-32(25(20-24)22-35)42-27-15-18-41-19-16-27/h3-14,17,20-21,27,38H,15-16,18-19H2,1-2H3. The van der Waals surface area contributed by atoms with Crippen LogP contribution in [0.5, 0.6) is 5.75 Å². The Morgan fingerprint density at radius 3 is 2.35 bits per heavy atom. The molecule has 1 aliphatic rings. The van der Waals surface area contributed by atoms with Crippen LogP contribution in [0.25, 0.3) is 33.4 Å². The number of ether oxygens (including phenoxy) is 2. The first-order valence-corrected chi connectivity index (χ1v) is 15.5. The van der Waals surface area contributed by atoms with Gasteiger partial charge in [0.15, 0.2) is 5.65 Å². The molecule has 0 unspecified atom stereocenters. The molecular formula is C34H31N3O5S. The molecule has 6 rings (SSSR count). The lowest BCUT2D eigenvalue weighted by atomic mass is 9.96. The van der Waals surface area contributed by atoms with Crippen LogP contribution in [0.3, 0.4) is 0 Å². The molecule has 2 aromatic heterocycles. The molecule has 0 atom stereocenters. The second kappa shape index (κ2) is 11.3. The number of nitrogens with zero attached hydrogens (tertiary/aromatic N) is 3. The quantitative estimate of drug-likeness (QED) is 0.237. The summed E-state index contributed by atoms with van der Waals surface area (Å²) in [7, 11) is -4.05. The number of aromatic nitrogens is 2. The van der Waals surface area contributed by atoms with Crippen LogP contribution in [-0.2, 0) is 20.4 Å². The molecule has 0 spiro atoms. The molecule has 3 heterocycles. The van der Waals surface area contributed by atoms with Gasteiger partial charge in [0.25, 0.3) is 10.0 Å². The van der Waals surface area contributed by atoms with E-state index < -0.39 is 15.6 Å². The summed E-state index contributed by atoms with van der Waals surface area (Å²) in [5.74, 6) is 0.514. The zero-order chi connectivity index (χ0) is 30.2. The van der Waals surface area contributed by atoms with Crippen molar-refractivity contribution in [2.75, 3.05) is 13.2 Å². The molecule has 0 radical (unpaired) electrons. The van der Waals surface area contributed by atoms with E-state index in [0.29, 0.717) is 46.7 Å². The molecule has 218 valence electrons. The number of benzene rings is 3. The third-order valence-electron chi connectivity index (χ3n) is 7.70. The highest BCUT2D eigenvalue weighted by molar-refractivity contribution is 7.90. The van der Waals surface area contributed by atoms with Crippen LogP contribution in [0.4, 0.5) is 0 Å². The lowest BCUT2D eigenvalue weighted by Crippen LogP contribution is -2.26. The van der Waals surface area contributed by atoms with Gasteiger partial charge in [0.05, 0.1) is 35.0 Å². The van der Waals surface area contributed by atoms with Crippen molar-refractivity contribution in [3.8, 4) is 34.2 Å². The van der Waals surface area contributed by atoms with E-state index in [-0.39, 0.29) is 16.6 Å². The third kappa shape index (κ3) is 5.53. The number of aliphatic hydroxyl groups is 1. The first-order valence-electron chi connectivity index (χ1n) is 14.1. The summed E-state index contributed by atoms with van der Waals surface area (Å²) < 4.78 is 41.1. The number of hydrogen-bond acceptors (Lipinski definition) is 7. The average Bonchev–Trinajstić information content (AvgIpc) is 3.43. The highest BCUT2D eigenvalue weighted by Crippen LogP contribution is 2.38. The average molecular weight is 594 g/mol. The second-order valence-corrected chi connectivity index (χ2v) is 12.9. The Morgan fingerprint density at radius 2 is 1.67 bits per heavy atom. The number of pyridine rings is 1. The van der Waals surface area contributed by atoms with Gasteiger partial charge in [-0.3, -0.25) is 0 Å². The summed E-state index contributed by atoms with van der Waals surface area (Å²) in [6, 6.07) is 26.8. The van der Waals surface area contributed by atoms with Crippen molar-refractivity contribution in [3.63, 3.8) is 0 Å². The largest absolute Gasteiger partial charge is 0.489 e. The van der Waals surface area contributed by atoms with Gasteiger partial charge in [0.1, 0.15) is 17.9 Å². The SMILES string of the molecule is CC(C)(O)c1ccc(-c2cc3c(-c4ccc(OC5CCOCC5)c(C#N)c4)ccnc3n2S(=O)(=O)c2ccccc2)cc1. The van der Waals surface area contributed by atoms with Crippen LogP contribution < -0.4 is 4.74 Å². The van der Waals surface area contributed by atoms with Crippen molar-refractivity contribution in [2.24, 2.45) is 0 Å². The van der Waals surface area contributed by atoms with Crippen molar-refractivity contribution in [1.82, 2.24) is 8.96 Å². The van der Waals surface area contributed by atoms with Gasteiger partial charge in [-0.25, -0.2) is 17.4 Å². The van der Waals surface area contributed by atoms with E-state index >= 15 is 0 Å². The fraction of sp³-hybridized carbons (Fsp3) is 0.235. The topological polar surface area (TPSA) is 114 Å². The minimum atomic E-state index is -4.05. The van der Waals surface area contributed by atoms with Crippen LogP contribution >= 0.6 is 0 Å². The van der Waals surface area contributed by atoms with Crippen LogP contribution in [-0.4, -0.2) is 41.8 Å². The Kier molecular flexibility index (Phi) is 7.52. The maximum Gasteiger partial charge on any atom is 0.269 e. The molecule has 1 fully saturated rings. The Hall–Kier alpha value is -4.49. The maximum absolute atomic E-state index is 14.1. The van der Waals surface area contributed by atoms with Gasteiger partial charge in [0.2, 0.25) is 0 Å². The monoisotopic (exact) mass is 593 g/mol. The van der Waals surface area contributed by atoms with Gasteiger partial charge in [-0.2, -0.15) is 5.26 Å². The molecule has 1 aliphatic heterocycles. The van der Waals surface area contributed by atoms with E-state index in [0.717, 1.165) is 24.0 Å². The van der Waals surface area contributed by atoms with Crippen molar-refractivity contribution in [1.29, 1.82) is 5.26 Å². The normalized spacial score (nSPS) is 14.5. The minimum absolute atomic E-state index is 0.0121. The predicted molar refractivity (Wildman–Crippen MR) is 164 cm³/mol. The summed E-state index contributed by atoms with van der Waals surface area (Å²) in [6.07, 6.45) is 3.09. The highest BCUT2D eigenvalue weighted by atomic mass is 32.2. The maximum atomic E-state index is 14.1. The van der Waals surface area contributed by atoms with Crippen molar-refractivity contribution >= 4 is 21.1 Å². The van der Waals surface area contributed by atoms with E-state index in [9.17, 15) is 18.8 Å². The minimum Gasteiger partial charge on any atom is -0.489 e.